The van der Waals surface area contributed by atoms with E-state index in [0.29, 0.717) is 31.6 Å². The van der Waals surface area contributed by atoms with Crippen LogP contribution in [0.4, 0.5) is 0 Å². The number of aromatic nitrogens is 2. The number of nitrogens with zero attached hydrogens (tertiary/aromatic N) is 2. The van der Waals surface area contributed by atoms with Crippen molar-refractivity contribution < 1.29 is 19.5 Å². The van der Waals surface area contributed by atoms with Gasteiger partial charge in [0.2, 0.25) is 11.8 Å². The summed E-state index contributed by atoms with van der Waals surface area (Å²) < 4.78 is 0. The highest BCUT2D eigenvalue weighted by Gasteiger charge is 2.36. The van der Waals surface area contributed by atoms with E-state index in [0.717, 1.165) is 12.8 Å². The largest absolute Gasteiger partial charge is 0.480 e. The molecule has 1 aliphatic heterocycles. The third-order valence-electron chi connectivity index (χ3n) is 4.70. The second-order valence-corrected chi connectivity index (χ2v) is 6.55. The van der Waals surface area contributed by atoms with Crippen molar-refractivity contribution in [3.63, 3.8) is 0 Å². The van der Waals surface area contributed by atoms with Gasteiger partial charge in [-0.05, 0) is 25.7 Å². The summed E-state index contributed by atoms with van der Waals surface area (Å²) in [5.74, 6) is -1.16. The molecule has 0 spiro atoms. The summed E-state index contributed by atoms with van der Waals surface area (Å²) in [6.07, 6.45) is 6.31. The average molecular weight is 334 g/mol. The van der Waals surface area contributed by atoms with Crippen LogP contribution in [0.2, 0.25) is 0 Å². The lowest BCUT2D eigenvalue weighted by Crippen LogP contribution is -2.48. The second-order valence-electron chi connectivity index (χ2n) is 6.55. The lowest BCUT2D eigenvalue weighted by Gasteiger charge is -2.32. The molecule has 2 amide bonds. The SMILES string of the molecule is O=C(N[C@H](Cc1cnc[nH]1)C(=O)O)C1CCN(C(=O)C2CC2)CC1. The number of piperidine rings is 1. The lowest BCUT2D eigenvalue weighted by atomic mass is 9.95. The van der Waals surface area contributed by atoms with Crippen molar-refractivity contribution in [2.75, 3.05) is 13.1 Å². The molecule has 1 aromatic rings. The first kappa shape index (κ1) is 16.5. The Balaban J connectivity index is 1.50. The highest BCUT2D eigenvalue weighted by Crippen LogP contribution is 2.32. The number of carboxylic acids is 1. The fourth-order valence-corrected chi connectivity index (χ4v) is 3.06. The zero-order valence-corrected chi connectivity index (χ0v) is 13.4. The fraction of sp³-hybridized carbons (Fsp3) is 0.625. The molecular weight excluding hydrogens is 312 g/mol. The molecule has 1 atom stereocenters. The maximum atomic E-state index is 12.4. The molecule has 8 nitrogen and oxygen atoms in total. The van der Waals surface area contributed by atoms with Crippen molar-refractivity contribution in [2.45, 2.75) is 38.1 Å². The normalized spacial score (nSPS) is 19.8. The molecule has 2 fully saturated rings. The van der Waals surface area contributed by atoms with Crippen LogP contribution >= 0.6 is 0 Å². The zero-order chi connectivity index (χ0) is 17.1. The number of rotatable bonds is 6. The lowest BCUT2D eigenvalue weighted by molar-refractivity contribution is -0.143. The molecule has 1 saturated carbocycles. The number of carboxylic acid groups (broad SMARTS) is 1. The van der Waals surface area contributed by atoms with Gasteiger partial charge in [0, 0.05) is 43.2 Å². The Morgan fingerprint density at radius 3 is 2.50 bits per heavy atom. The fourth-order valence-electron chi connectivity index (χ4n) is 3.06. The van der Waals surface area contributed by atoms with Crippen molar-refractivity contribution in [3.8, 4) is 0 Å². The van der Waals surface area contributed by atoms with Crippen LogP contribution < -0.4 is 5.32 Å². The smallest absolute Gasteiger partial charge is 0.326 e. The van der Waals surface area contributed by atoms with Crippen LogP contribution in [0.15, 0.2) is 12.5 Å². The Labute approximate surface area is 139 Å². The molecule has 0 unspecified atom stereocenters. The minimum Gasteiger partial charge on any atom is -0.480 e. The number of nitrogens with one attached hydrogen (secondary N) is 2. The topological polar surface area (TPSA) is 115 Å². The summed E-state index contributed by atoms with van der Waals surface area (Å²) in [5, 5.41) is 11.9. The molecule has 0 bridgehead atoms. The molecule has 0 radical (unpaired) electrons. The van der Waals surface area contributed by atoms with Gasteiger partial charge in [0.15, 0.2) is 0 Å². The van der Waals surface area contributed by atoms with Crippen molar-refractivity contribution >= 4 is 17.8 Å². The monoisotopic (exact) mass is 334 g/mol. The van der Waals surface area contributed by atoms with E-state index >= 15 is 0 Å². The Kier molecular flexibility index (Phi) is 4.82. The third kappa shape index (κ3) is 3.93. The average Bonchev–Trinajstić information content (AvgIpc) is 3.31. The van der Waals surface area contributed by atoms with E-state index in [4.69, 9.17) is 0 Å². The summed E-state index contributed by atoms with van der Waals surface area (Å²) >= 11 is 0. The maximum Gasteiger partial charge on any atom is 0.326 e. The third-order valence-corrected chi connectivity index (χ3v) is 4.70. The summed E-state index contributed by atoms with van der Waals surface area (Å²) in [6.45, 7) is 1.15. The summed E-state index contributed by atoms with van der Waals surface area (Å²) in [7, 11) is 0. The number of amides is 2. The second kappa shape index (κ2) is 7.02. The van der Waals surface area contributed by atoms with Crippen molar-refractivity contribution in [1.29, 1.82) is 0 Å². The van der Waals surface area contributed by atoms with Gasteiger partial charge in [-0.15, -0.1) is 0 Å². The van der Waals surface area contributed by atoms with E-state index in [1.165, 1.54) is 6.33 Å². The molecule has 1 saturated heterocycles. The first-order valence-corrected chi connectivity index (χ1v) is 8.34. The molecule has 24 heavy (non-hydrogen) atoms. The number of hydrogen-bond donors (Lipinski definition) is 3. The molecular formula is C16H22N4O4. The molecule has 2 heterocycles. The Morgan fingerprint density at radius 2 is 1.96 bits per heavy atom. The molecule has 8 heteroatoms. The van der Waals surface area contributed by atoms with Crippen LogP contribution in [0.3, 0.4) is 0 Å². The van der Waals surface area contributed by atoms with Crippen LogP contribution in [0.5, 0.6) is 0 Å². The van der Waals surface area contributed by atoms with Gasteiger partial charge in [0.25, 0.3) is 0 Å². The first-order valence-electron chi connectivity index (χ1n) is 8.34. The van der Waals surface area contributed by atoms with E-state index in [1.54, 1.807) is 6.20 Å². The van der Waals surface area contributed by atoms with Gasteiger partial charge in [-0.25, -0.2) is 9.78 Å². The summed E-state index contributed by atoms with van der Waals surface area (Å²) in [4.78, 5) is 44.3. The Bertz CT molecular complexity index is 604. The summed E-state index contributed by atoms with van der Waals surface area (Å²) in [5.41, 5.74) is 0.660. The number of aliphatic carboxylic acids is 1. The van der Waals surface area contributed by atoms with Crippen molar-refractivity contribution in [3.05, 3.63) is 18.2 Å². The van der Waals surface area contributed by atoms with Gasteiger partial charge in [0.1, 0.15) is 6.04 Å². The van der Waals surface area contributed by atoms with E-state index in [1.807, 2.05) is 4.90 Å². The van der Waals surface area contributed by atoms with Gasteiger partial charge in [-0.2, -0.15) is 0 Å². The number of carbonyl (C=O) groups is 3. The van der Waals surface area contributed by atoms with E-state index in [2.05, 4.69) is 15.3 Å². The minimum absolute atomic E-state index is 0.167. The summed E-state index contributed by atoms with van der Waals surface area (Å²) in [6, 6.07) is -0.982. The van der Waals surface area contributed by atoms with Gasteiger partial charge in [-0.3, -0.25) is 9.59 Å². The standard InChI is InChI=1S/C16H22N4O4/c21-14(19-13(16(23)24)7-12-8-17-9-18-12)10-3-5-20(6-4-10)15(22)11-1-2-11/h8-11,13H,1-7H2,(H,17,18)(H,19,21)(H,23,24)/t13-/m1/s1. The molecule has 2 aliphatic rings. The van der Waals surface area contributed by atoms with Crippen LogP contribution in [0.25, 0.3) is 0 Å². The highest BCUT2D eigenvalue weighted by molar-refractivity contribution is 5.86. The molecule has 3 N–H and O–H groups in total. The molecule has 1 aliphatic carbocycles. The van der Waals surface area contributed by atoms with Gasteiger partial charge in [-0.1, -0.05) is 0 Å². The molecule has 1 aromatic heterocycles. The number of imidazole rings is 1. The van der Waals surface area contributed by atoms with Crippen LogP contribution in [0, 0.1) is 11.8 Å². The predicted molar refractivity (Wildman–Crippen MR) is 83.9 cm³/mol. The van der Waals surface area contributed by atoms with Crippen LogP contribution in [-0.2, 0) is 20.8 Å². The van der Waals surface area contributed by atoms with E-state index in [-0.39, 0.29) is 30.1 Å². The van der Waals surface area contributed by atoms with Crippen molar-refractivity contribution in [1.82, 2.24) is 20.2 Å². The van der Waals surface area contributed by atoms with Gasteiger partial charge in [0.05, 0.1) is 6.33 Å². The molecule has 130 valence electrons. The first-order chi connectivity index (χ1) is 11.5. The maximum absolute atomic E-state index is 12.4. The number of H-pyrrole nitrogens is 1. The van der Waals surface area contributed by atoms with Crippen LogP contribution in [-0.4, -0.2) is 56.9 Å². The highest BCUT2D eigenvalue weighted by atomic mass is 16.4. The number of hydrogen-bond acceptors (Lipinski definition) is 4. The molecule has 3 rings (SSSR count). The predicted octanol–water partition coefficient (Wildman–Crippen LogP) is 0.170. The van der Waals surface area contributed by atoms with Gasteiger partial charge >= 0.3 is 5.97 Å². The zero-order valence-electron chi connectivity index (χ0n) is 13.4. The molecule has 0 aromatic carbocycles. The number of likely N-dealkylation sites (tertiary alicyclic amines) is 1. The van der Waals surface area contributed by atoms with E-state index < -0.39 is 12.0 Å². The van der Waals surface area contributed by atoms with E-state index in [9.17, 15) is 19.5 Å². The number of carbonyl (C=O) groups excluding carboxylic acids is 2. The van der Waals surface area contributed by atoms with Gasteiger partial charge < -0.3 is 20.3 Å². The quantitative estimate of drug-likeness (QED) is 0.686. The minimum atomic E-state index is -1.07. The van der Waals surface area contributed by atoms with Crippen LogP contribution in [0.1, 0.15) is 31.4 Å². The van der Waals surface area contributed by atoms with Crippen molar-refractivity contribution in [2.24, 2.45) is 11.8 Å². The Morgan fingerprint density at radius 1 is 1.25 bits per heavy atom. The Hall–Kier alpha value is -2.38. The number of aromatic amines is 1.